The molecule has 1 saturated heterocycles. The Bertz CT molecular complexity index is 562. The molecule has 0 spiro atoms. The third kappa shape index (κ3) is 2.49. The zero-order valence-electron chi connectivity index (χ0n) is 10.5. The number of benzene rings is 1. The Labute approximate surface area is 113 Å². The van der Waals surface area contributed by atoms with E-state index >= 15 is 0 Å². The van der Waals surface area contributed by atoms with Gasteiger partial charge in [-0.2, -0.15) is 0 Å². The number of rotatable bonds is 3. The van der Waals surface area contributed by atoms with Gasteiger partial charge in [-0.15, -0.1) is 0 Å². The monoisotopic (exact) mass is 285 g/mol. The van der Waals surface area contributed by atoms with Gasteiger partial charge in [0.2, 0.25) is 0 Å². The van der Waals surface area contributed by atoms with Crippen LogP contribution in [0.3, 0.4) is 0 Å². The zero-order chi connectivity index (χ0) is 14.9. The van der Waals surface area contributed by atoms with Crippen LogP contribution in [0.15, 0.2) is 12.1 Å². The van der Waals surface area contributed by atoms with Crippen molar-refractivity contribution in [2.75, 3.05) is 13.2 Å². The van der Waals surface area contributed by atoms with Gasteiger partial charge in [0.05, 0.1) is 23.8 Å². The number of carbonyl (C=O) groups excluding carboxylic acids is 1. The number of carboxylic acids is 1. The number of aliphatic hydroxyl groups is 1. The zero-order valence-corrected chi connectivity index (χ0v) is 10.5. The van der Waals surface area contributed by atoms with Crippen LogP contribution in [0.4, 0.5) is 8.78 Å². The normalized spacial score (nSPS) is 18.4. The van der Waals surface area contributed by atoms with Gasteiger partial charge in [-0.3, -0.25) is 4.79 Å². The van der Waals surface area contributed by atoms with E-state index in [0.29, 0.717) is 31.5 Å². The van der Waals surface area contributed by atoms with Crippen molar-refractivity contribution in [2.24, 2.45) is 0 Å². The van der Waals surface area contributed by atoms with Crippen LogP contribution in [-0.4, -0.2) is 46.2 Å². The van der Waals surface area contributed by atoms with Gasteiger partial charge >= 0.3 is 5.97 Å². The van der Waals surface area contributed by atoms with Crippen molar-refractivity contribution in [1.82, 2.24) is 4.90 Å². The number of carboxylic acid groups (broad SMARTS) is 1. The number of carbonyl (C=O) groups is 2. The van der Waals surface area contributed by atoms with Crippen LogP contribution in [0.1, 0.15) is 33.6 Å². The fourth-order valence-electron chi connectivity index (χ4n) is 2.35. The van der Waals surface area contributed by atoms with Gasteiger partial charge in [0.15, 0.2) is 11.6 Å². The molecule has 1 heterocycles. The van der Waals surface area contributed by atoms with Crippen LogP contribution in [-0.2, 0) is 0 Å². The SMILES string of the molecule is O=C(O)c1cc(F)c(F)cc1C(=O)N1CCC[C@H]1CO. The molecule has 1 atom stereocenters. The van der Waals surface area contributed by atoms with Gasteiger partial charge in [-0.1, -0.05) is 0 Å². The van der Waals surface area contributed by atoms with Crippen molar-refractivity contribution in [2.45, 2.75) is 18.9 Å². The summed E-state index contributed by atoms with van der Waals surface area (Å²) in [5, 5.41) is 18.2. The Morgan fingerprint density at radius 1 is 1.25 bits per heavy atom. The fraction of sp³-hybridized carbons (Fsp3) is 0.385. The maximum Gasteiger partial charge on any atom is 0.336 e. The lowest BCUT2D eigenvalue weighted by molar-refractivity contribution is 0.0644. The maximum absolute atomic E-state index is 13.3. The summed E-state index contributed by atoms with van der Waals surface area (Å²) in [6, 6.07) is 0.667. The van der Waals surface area contributed by atoms with Crippen LogP contribution in [0.2, 0.25) is 0 Å². The Balaban J connectivity index is 2.43. The third-order valence-corrected chi connectivity index (χ3v) is 3.37. The molecule has 1 aromatic rings. The molecule has 20 heavy (non-hydrogen) atoms. The molecule has 108 valence electrons. The summed E-state index contributed by atoms with van der Waals surface area (Å²) in [6.45, 7) is 0.0972. The van der Waals surface area contributed by atoms with E-state index in [1.807, 2.05) is 0 Å². The largest absolute Gasteiger partial charge is 0.478 e. The quantitative estimate of drug-likeness (QED) is 0.876. The molecule has 0 saturated carbocycles. The van der Waals surface area contributed by atoms with E-state index in [1.165, 1.54) is 4.90 Å². The van der Waals surface area contributed by atoms with E-state index in [2.05, 4.69) is 0 Å². The summed E-state index contributed by atoms with van der Waals surface area (Å²) in [5.74, 6) is -4.82. The Kier molecular flexibility index (Phi) is 3.99. The van der Waals surface area contributed by atoms with Crippen molar-refractivity contribution >= 4 is 11.9 Å². The predicted molar refractivity (Wildman–Crippen MR) is 64.5 cm³/mol. The van der Waals surface area contributed by atoms with E-state index in [0.717, 1.165) is 0 Å². The highest BCUT2D eigenvalue weighted by atomic mass is 19.2. The molecule has 0 unspecified atom stereocenters. The maximum atomic E-state index is 13.3. The van der Waals surface area contributed by atoms with Crippen molar-refractivity contribution in [1.29, 1.82) is 0 Å². The first-order valence-electron chi connectivity index (χ1n) is 6.10. The molecule has 0 radical (unpaired) electrons. The number of aliphatic hydroxyl groups excluding tert-OH is 1. The molecule has 5 nitrogen and oxygen atoms in total. The van der Waals surface area contributed by atoms with Gasteiger partial charge in [0.25, 0.3) is 5.91 Å². The highest BCUT2D eigenvalue weighted by Crippen LogP contribution is 2.23. The van der Waals surface area contributed by atoms with Gasteiger partial charge in [-0.25, -0.2) is 13.6 Å². The summed E-state index contributed by atoms with van der Waals surface area (Å²) in [7, 11) is 0. The van der Waals surface area contributed by atoms with Crippen LogP contribution >= 0.6 is 0 Å². The van der Waals surface area contributed by atoms with Gasteiger partial charge in [-0.05, 0) is 25.0 Å². The highest BCUT2D eigenvalue weighted by molar-refractivity contribution is 6.05. The first kappa shape index (κ1) is 14.4. The van der Waals surface area contributed by atoms with Crippen LogP contribution in [0, 0.1) is 11.6 Å². The lowest BCUT2D eigenvalue weighted by Crippen LogP contribution is -2.38. The number of hydrogen-bond donors (Lipinski definition) is 2. The van der Waals surface area contributed by atoms with Crippen LogP contribution < -0.4 is 0 Å². The number of likely N-dealkylation sites (tertiary alicyclic amines) is 1. The van der Waals surface area contributed by atoms with Crippen molar-refractivity contribution in [3.8, 4) is 0 Å². The summed E-state index contributed by atoms with van der Waals surface area (Å²) in [4.78, 5) is 24.6. The van der Waals surface area contributed by atoms with Crippen LogP contribution in [0.5, 0.6) is 0 Å². The molecule has 0 aromatic heterocycles. The first-order valence-corrected chi connectivity index (χ1v) is 6.10. The number of nitrogens with zero attached hydrogens (tertiary/aromatic N) is 1. The molecule has 2 rings (SSSR count). The molecular weight excluding hydrogens is 272 g/mol. The minimum Gasteiger partial charge on any atom is -0.478 e. The molecule has 0 bridgehead atoms. The second-order valence-electron chi connectivity index (χ2n) is 4.59. The lowest BCUT2D eigenvalue weighted by Gasteiger charge is -2.23. The Morgan fingerprint density at radius 2 is 1.85 bits per heavy atom. The molecule has 7 heteroatoms. The summed E-state index contributed by atoms with van der Waals surface area (Å²) in [5.41, 5.74) is -0.991. The average Bonchev–Trinajstić information content (AvgIpc) is 2.88. The van der Waals surface area contributed by atoms with Crippen molar-refractivity contribution < 1.29 is 28.6 Å². The molecule has 0 aliphatic carbocycles. The third-order valence-electron chi connectivity index (χ3n) is 3.37. The predicted octanol–water partition coefficient (Wildman–Crippen LogP) is 1.26. The summed E-state index contributed by atoms with van der Waals surface area (Å²) >= 11 is 0. The number of halogens is 2. The second-order valence-corrected chi connectivity index (χ2v) is 4.59. The van der Waals surface area contributed by atoms with E-state index in [9.17, 15) is 18.4 Å². The second kappa shape index (κ2) is 5.54. The molecular formula is C13H13F2NO4. The number of amides is 1. The first-order chi connectivity index (χ1) is 9.45. The minimum absolute atomic E-state index is 0.252. The summed E-state index contributed by atoms with van der Waals surface area (Å²) < 4.78 is 26.4. The smallest absolute Gasteiger partial charge is 0.336 e. The van der Waals surface area contributed by atoms with E-state index in [-0.39, 0.29) is 6.61 Å². The highest BCUT2D eigenvalue weighted by Gasteiger charge is 2.31. The summed E-state index contributed by atoms with van der Waals surface area (Å²) in [6.07, 6.45) is 1.26. The molecule has 1 fully saturated rings. The van der Waals surface area contributed by atoms with Crippen molar-refractivity contribution in [3.63, 3.8) is 0 Å². The molecule has 1 aliphatic heterocycles. The Hall–Kier alpha value is -2.02. The molecule has 1 aliphatic rings. The van der Waals surface area contributed by atoms with Gasteiger partial charge < -0.3 is 15.1 Å². The van der Waals surface area contributed by atoms with Crippen molar-refractivity contribution in [3.05, 3.63) is 34.9 Å². The minimum atomic E-state index is -1.51. The fourth-order valence-corrected chi connectivity index (χ4v) is 2.35. The molecule has 1 amide bonds. The molecule has 2 N–H and O–H groups in total. The lowest BCUT2D eigenvalue weighted by atomic mass is 10.1. The number of hydrogen-bond acceptors (Lipinski definition) is 3. The Morgan fingerprint density at radius 3 is 2.40 bits per heavy atom. The van der Waals surface area contributed by atoms with Crippen LogP contribution in [0.25, 0.3) is 0 Å². The van der Waals surface area contributed by atoms with Gasteiger partial charge in [0, 0.05) is 6.54 Å². The average molecular weight is 285 g/mol. The number of aromatic carboxylic acids is 1. The van der Waals surface area contributed by atoms with E-state index < -0.39 is 40.7 Å². The van der Waals surface area contributed by atoms with E-state index in [4.69, 9.17) is 10.2 Å². The van der Waals surface area contributed by atoms with E-state index in [1.54, 1.807) is 0 Å². The molecule has 1 aromatic carbocycles. The standard InChI is InChI=1S/C13H13F2NO4/c14-10-4-8(9(13(19)20)5-11(10)15)12(18)16-3-1-2-7(16)6-17/h4-5,7,17H,1-3,6H2,(H,19,20)/t7-/m0/s1. The van der Waals surface area contributed by atoms with Gasteiger partial charge in [0.1, 0.15) is 0 Å². The topological polar surface area (TPSA) is 77.8 Å².